The molecule has 0 radical (unpaired) electrons. The molecule has 0 aliphatic heterocycles. The lowest BCUT2D eigenvalue weighted by Gasteiger charge is -2.15. The van der Waals surface area contributed by atoms with E-state index < -0.39 is 0 Å². The highest BCUT2D eigenvalue weighted by molar-refractivity contribution is 6.31. The van der Waals surface area contributed by atoms with Gasteiger partial charge in [0.25, 0.3) is 0 Å². The Bertz CT molecular complexity index is 310. The Morgan fingerprint density at radius 2 is 2.43 bits per heavy atom. The Labute approximate surface area is 89.7 Å². The number of aromatic nitrogens is 1. The van der Waals surface area contributed by atoms with Crippen LogP contribution in [-0.2, 0) is 6.42 Å². The first-order chi connectivity index (χ1) is 6.81. The Hall–Kier alpha value is -0.600. The maximum atomic E-state index is 6.06. The lowest BCUT2D eigenvalue weighted by atomic mass is 10.0. The van der Waals surface area contributed by atoms with Crippen LogP contribution in [-0.4, -0.2) is 18.1 Å². The van der Waals surface area contributed by atoms with Gasteiger partial charge in [-0.1, -0.05) is 11.6 Å². The normalized spacial score (nSPS) is 18.1. The van der Waals surface area contributed by atoms with Crippen molar-refractivity contribution in [3.63, 3.8) is 0 Å². The van der Waals surface area contributed by atoms with Gasteiger partial charge in [0, 0.05) is 18.4 Å². The van der Waals surface area contributed by atoms with Crippen molar-refractivity contribution in [3.05, 3.63) is 29.0 Å². The van der Waals surface area contributed by atoms with E-state index in [0.717, 1.165) is 17.4 Å². The van der Waals surface area contributed by atoms with E-state index in [1.807, 2.05) is 13.1 Å². The molecule has 1 aromatic heterocycles. The lowest BCUT2D eigenvalue weighted by molar-refractivity contribution is 0.500. The minimum absolute atomic E-state index is 0.579. The third kappa shape index (κ3) is 2.25. The van der Waals surface area contributed by atoms with Gasteiger partial charge in [0.1, 0.15) is 0 Å². The van der Waals surface area contributed by atoms with Crippen molar-refractivity contribution in [2.24, 2.45) is 5.92 Å². The summed E-state index contributed by atoms with van der Waals surface area (Å²) in [6, 6.07) is 2.59. The molecule has 76 valence electrons. The first-order valence-corrected chi connectivity index (χ1v) is 5.44. The fraction of sp³-hybridized carbons (Fsp3) is 0.545. The first-order valence-electron chi connectivity index (χ1n) is 5.07. The van der Waals surface area contributed by atoms with Crippen molar-refractivity contribution in [2.45, 2.75) is 25.3 Å². The Kier molecular flexibility index (Phi) is 3.04. The van der Waals surface area contributed by atoms with Gasteiger partial charge in [0.05, 0.1) is 5.02 Å². The molecule has 2 rings (SSSR count). The second-order valence-electron chi connectivity index (χ2n) is 3.90. The molecule has 1 N–H and O–H groups in total. The summed E-state index contributed by atoms with van der Waals surface area (Å²) in [5.41, 5.74) is 1.20. The number of halogens is 1. The summed E-state index contributed by atoms with van der Waals surface area (Å²) in [6.45, 7) is 0. The van der Waals surface area contributed by atoms with Crippen LogP contribution in [0.5, 0.6) is 0 Å². The molecular weight excluding hydrogens is 196 g/mol. The van der Waals surface area contributed by atoms with E-state index >= 15 is 0 Å². The quantitative estimate of drug-likeness (QED) is 0.825. The van der Waals surface area contributed by atoms with E-state index in [4.69, 9.17) is 11.6 Å². The molecule has 0 amide bonds. The van der Waals surface area contributed by atoms with Crippen molar-refractivity contribution in [3.8, 4) is 0 Å². The number of nitrogens with zero attached hydrogens (tertiary/aromatic N) is 1. The molecule has 14 heavy (non-hydrogen) atoms. The van der Waals surface area contributed by atoms with E-state index in [0.29, 0.717) is 6.04 Å². The molecule has 1 aliphatic rings. The van der Waals surface area contributed by atoms with Crippen molar-refractivity contribution < 1.29 is 0 Å². The predicted molar refractivity (Wildman–Crippen MR) is 58.5 cm³/mol. The van der Waals surface area contributed by atoms with Crippen LogP contribution >= 0.6 is 11.6 Å². The van der Waals surface area contributed by atoms with Gasteiger partial charge in [-0.05, 0) is 43.9 Å². The smallest absolute Gasteiger partial charge is 0.0621 e. The van der Waals surface area contributed by atoms with Crippen LogP contribution < -0.4 is 5.32 Å². The zero-order chi connectivity index (χ0) is 9.97. The summed E-state index contributed by atoms with van der Waals surface area (Å²) in [6.07, 6.45) is 7.25. The Morgan fingerprint density at radius 3 is 3.00 bits per heavy atom. The topological polar surface area (TPSA) is 24.9 Å². The van der Waals surface area contributed by atoms with Gasteiger partial charge in [-0.3, -0.25) is 4.98 Å². The first kappa shape index (κ1) is 9.94. The Morgan fingerprint density at radius 1 is 1.64 bits per heavy atom. The average Bonchev–Trinajstić information content (AvgIpc) is 3.00. The van der Waals surface area contributed by atoms with Crippen molar-refractivity contribution >= 4 is 11.6 Å². The summed E-state index contributed by atoms with van der Waals surface area (Å²) in [5.74, 6) is 0.851. The SMILES string of the molecule is CNC(Cc1ccncc1Cl)C1CC1. The zero-order valence-corrected chi connectivity index (χ0v) is 9.09. The maximum absolute atomic E-state index is 6.06. The fourth-order valence-electron chi connectivity index (χ4n) is 1.81. The van der Waals surface area contributed by atoms with Crippen molar-refractivity contribution in [1.29, 1.82) is 0 Å². The molecule has 2 nitrogen and oxygen atoms in total. The highest BCUT2D eigenvalue weighted by Gasteiger charge is 2.30. The number of hydrogen-bond donors (Lipinski definition) is 1. The van der Waals surface area contributed by atoms with Gasteiger partial charge in [-0.15, -0.1) is 0 Å². The minimum atomic E-state index is 0.579. The minimum Gasteiger partial charge on any atom is -0.316 e. The molecule has 1 saturated carbocycles. The van der Waals surface area contributed by atoms with Crippen molar-refractivity contribution in [1.82, 2.24) is 10.3 Å². The third-order valence-corrected chi connectivity index (χ3v) is 3.20. The molecule has 0 saturated heterocycles. The molecule has 1 fully saturated rings. The molecular formula is C11H15ClN2. The lowest BCUT2D eigenvalue weighted by Crippen LogP contribution is -2.29. The van der Waals surface area contributed by atoms with Crippen molar-refractivity contribution in [2.75, 3.05) is 7.05 Å². The second-order valence-corrected chi connectivity index (χ2v) is 4.31. The standard InChI is InChI=1S/C11H15ClN2/c1-13-11(8-2-3-8)6-9-4-5-14-7-10(9)12/h4-5,7-8,11,13H,2-3,6H2,1H3. The highest BCUT2D eigenvalue weighted by Crippen LogP contribution is 2.34. The van der Waals surface area contributed by atoms with Crippen LogP contribution in [0.15, 0.2) is 18.5 Å². The zero-order valence-electron chi connectivity index (χ0n) is 8.33. The monoisotopic (exact) mass is 210 g/mol. The number of hydrogen-bond acceptors (Lipinski definition) is 2. The van der Waals surface area contributed by atoms with Gasteiger partial charge in [0.2, 0.25) is 0 Å². The largest absolute Gasteiger partial charge is 0.316 e. The van der Waals surface area contributed by atoms with Gasteiger partial charge in [-0.25, -0.2) is 0 Å². The van der Waals surface area contributed by atoms with Crippen LogP contribution in [0.4, 0.5) is 0 Å². The van der Waals surface area contributed by atoms with Crippen LogP contribution in [0.1, 0.15) is 18.4 Å². The fourth-order valence-corrected chi connectivity index (χ4v) is 2.01. The number of nitrogens with one attached hydrogen (secondary N) is 1. The van der Waals surface area contributed by atoms with Gasteiger partial charge < -0.3 is 5.32 Å². The molecule has 1 aliphatic carbocycles. The highest BCUT2D eigenvalue weighted by atomic mass is 35.5. The molecule has 0 aromatic carbocycles. The van der Waals surface area contributed by atoms with E-state index in [2.05, 4.69) is 10.3 Å². The van der Waals surface area contributed by atoms with Gasteiger partial charge in [-0.2, -0.15) is 0 Å². The summed E-state index contributed by atoms with van der Waals surface area (Å²) in [5, 5.41) is 4.15. The second kappa shape index (κ2) is 4.28. The summed E-state index contributed by atoms with van der Waals surface area (Å²) < 4.78 is 0. The summed E-state index contributed by atoms with van der Waals surface area (Å²) in [4.78, 5) is 3.99. The van der Waals surface area contributed by atoms with E-state index in [-0.39, 0.29) is 0 Å². The van der Waals surface area contributed by atoms with Crippen LogP contribution in [0, 0.1) is 5.92 Å². The van der Waals surface area contributed by atoms with Gasteiger partial charge >= 0.3 is 0 Å². The van der Waals surface area contributed by atoms with E-state index in [9.17, 15) is 0 Å². The van der Waals surface area contributed by atoms with Crippen LogP contribution in [0.3, 0.4) is 0 Å². The molecule has 1 aromatic rings. The Balaban J connectivity index is 2.04. The van der Waals surface area contributed by atoms with E-state index in [1.165, 1.54) is 18.4 Å². The molecule has 0 bridgehead atoms. The number of likely N-dealkylation sites (N-methyl/N-ethyl adjacent to an activating group) is 1. The third-order valence-electron chi connectivity index (χ3n) is 2.86. The molecule has 1 atom stereocenters. The summed E-state index contributed by atoms with van der Waals surface area (Å²) in [7, 11) is 2.03. The molecule has 1 heterocycles. The summed E-state index contributed by atoms with van der Waals surface area (Å²) >= 11 is 6.06. The average molecular weight is 211 g/mol. The number of rotatable bonds is 4. The molecule has 0 spiro atoms. The predicted octanol–water partition coefficient (Wildman–Crippen LogP) is 2.28. The molecule has 1 unspecified atom stereocenters. The van der Waals surface area contributed by atoms with Crippen LogP contribution in [0.2, 0.25) is 5.02 Å². The van der Waals surface area contributed by atoms with Gasteiger partial charge in [0.15, 0.2) is 0 Å². The number of pyridine rings is 1. The van der Waals surface area contributed by atoms with Crippen LogP contribution in [0.25, 0.3) is 0 Å². The maximum Gasteiger partial charge on any atom is 0.0621 e. The molecule has 3 heteroatoms. The van der Waals surface area contributed by atoms with E-state index in [1.54, 1.807) is 12.4 Å².